The van der Waals surface area contributed by atoms with Gasteiger partial charge in [-0.15, -0.1) is 0 Å². The minimum absolute atomic E-state index is 0.0844. The Hall–Kier alpha value is -1.52. The fourth-order valence-electron chi connectivity index (χ4n) is 2.54. The molecule has 1 N–H and O–H groups in total. The van der Waals surface area contributed by atoms with Crippen molar-refractivity contribution in [3.05, 3.63) is 35.0 Å². The second-order valence-corrected chi connectivity index (χ2v) is 5.38. The normalized spacial score (nSPS) is 18.0. The molecule has 20 heavy (non-hydrogen) atoms. The maximum absolute atomic E-state index is 12.2. The molecule has 0 aliphatic carbocycles. The zero-order valence-electron chi connectivity index (χ0n) is 11.4. The summed E-state index contributed by atoms with van der Waals surface area (Å²) in [4.78, 5) is 12.2. The van der Waals surface area contributed by atoms with E-state index in [1.165, 1.54) is 0 Å². The van der Waals surface area contributed by atoms with Crippen molar-refractivity contribution in [2.45, 2.75) is 26.0 Å². The number of nitrogens with zero attached hydrogens (tertiary/aromatic N) is 1. The van der Waals surface area contributed by atoms with Gasteiger partial charge in [-0.05, 0) is 25.5 Å². The molecule has 0 saturated carbocycles. The molecule has 4 nitrogen and oxygen atoms in total. The van der Waals surface area contributed by atoms with E-state index in [4.69, 9.17) is 16.3 Å². The van der Waals surface area contributed by atoms with E-state index in [0.717, 1.165) is 30.5 Å². The Morgan fingerprint density at radius 3 is 3.00 bits per heavy atom. The molecule has 0 spiro atoms. The fraction of sp³-hybridized carbons (Fsp3) is 0.400. The van der Waals surface area contributed by atoms with Gasteiger partial charge < -0.3 is 14.6 Å². The number of benzene rings is 1. The Labute approximate surface area is 122 Å². The molecular weight excluding hydrogens is 276 g/mol. The summed E-state index contributed by atoms with van der Waals surface area (Å²) in [6.07, 6.45) is 3.19. The summed E-state index contributed by atoms with van der Waals surface area (Å²) in [5.41, 5.74) is 1.61. The molecule has 5 heteroatoms. The molecule has 1 unspecified atom stereocenters. The molecule has 2 heterocycles. The van der Waals surface area contributed by atoms with Crippen LogP contribution in [-0.2, 0) is 11.3 Å². The lowest BCUT2D eigenvalue weighted by atomic mass is 10.1. The fourth-order valence-corrected chi connectivity index (χ4v) is 2.81. The molecular formula is C15H17ClN2O2. The second-order valence-electron chi connectivity index (χ2n) is 4.97. The van der Waals surface area contributed by atoms with Crippen LogP contribution in [0.15, 0.2) is 24.4 Å². The smallest absolute Gasteiger partial charge is 0.253 e. The van der Waals surface area contributed by atoms with Crippen LogP contribution in [0.2, 0.25) is 5.02 Å². The summed E-state index contributed by atoms with van der Waals surface area (Å²) >= 11 is 6.28. The lowest BCUT2D eigenvalue weighted by Gasteiger charge is -2.27. The van der Waals surface area contributed by atoms with Crippen LogP contribution in [0.1, 0.15) is 23.7 Å². The van der Waals surface area contributed by atoms with Gasteiger partial charge >= 0.3 is 0 Å². The van der Waals surface area contributed by atoms with Crippen molar-refractivity contribution < 1.29 is 9.53 Å². The van der Waals surface area contributed by atoms with Gasteiger partial charge in [0.1, 0.15) is 0 Å². The Morgan fingerprint density at radius 1 is 1.55 bits per heavy atom. The number of hydrogen-bond acceptors (Lipinski definition) is 2. The standard InChI is InChI=1S/C15H17ClN2O2/c1-2-17-15(19)11-9-18(8-10-6-7-20-10)13-5-3-4-12(16)14(11)13/h3-5,9-10H,2,6-8H2,1H3,(H,17,19). The third-order valence-corrected chi connectivity index (χ3v) is 3.95. The Morgan fingerprint density at radius 2 is 2.35 bits per heavy atom. The van der Waals surface area contributed by atoms with Crippen molar-refractivity contribution >= 4 is 28.4 Å². The summed E-state index contributed by atoms with van der Waals surface area (Å²) in [6, 6.07) is 5.71. The summed E-state index contributed by atoms with van der Waals surface area (Å²) in [6.45, 7) is 4.09. The molecule has 1 atom stereocenters. The predicted octanol–water partition coefficient (Wildman–Crippen LogP) is 2.83. The van der Waals surface area contributed by atoms with Gasteiger partial charge in [-0.1, -0.05) is 17.7 Å². The largest absolute Gasteiger partial charge is 0.376 e. The third kappa shape index (κ3) is 2.30. The highest BCUT2D eigenvalue weighted by Gasteiger charge is 2.22. The number of carbonyl (C=O) groups excluding carboxylic acids is 1. The van der Waals surface area contributed by atoms with Gasteiger partial charge in [0, 0.05) is 31.3 Å². The Bertz CT molecular complexity index is 647. The minimum Gasteiger partial charge on any atom is -0.376 e. The number of carbonyl (C=O) groups is 1. The molecule has 1 aromatic heterocycles. The molecule has 1 aromatic carbocycles. The Kier molecular flexibility index (Phi) is 3.68. The van der Waals surface area contributed by atoms with Gasteiger partial charge in [-0.3, -0.25) is 4.79 Å². The summed E-state index contributed by atoms with van der Waals surface area (Å²) in [7, 11) is 0. The zero-order chi connectivity index (χ0) is 14.1. The molecule has 106 valence electrons. The van der Waals surface area contributed by atoms with Crippen LogP contribution in [-0.4, -0.2) is 29.7 Å². The van der Waals surface area contributed by atoms with Crippen molar-refractivity contribution in [2.24, 2.45) is 0 Å². The zero-order valence-corrected chi connectivity index (χ0v) is 12.1. The summed E-state index contributed by atoms with van der Waals surface area (Å²) in [5.74, 6) is -0.0844. The van der Waals surface area contributed by atoms with Gasteiger partial charge in [0.05, 0.1) is 22.2 Å². The molecule has 1 aliphatic heterocycles. The van der Waals surface area contributed by atoms with E-state index >= 15 is 0 Å². The van der Waals surface area contributed by atoms with Crippen LogP contribution in [0.5, 0.6) is 0 Å². The molecule has 0 radical (unpaired) electrons. The first-order chi connectivity index (χ1) is 9.70. The van der Waals surface area contributed by atoms with Crippen LogP contribution in [0.3, 0.4) is 0 Å². The average Bonchev–Trinajstić information content (AvgIpc) is 2.75. The molecule has 1 aliphatic rings. The van der Waals surface area contributed by atoms with Crippen LogP contribution < -0.4 is 5.32 Å². The SMILES string of the molecule is CCNC(=O)c1cn(CC2CCO2)c2cccc(Cl)c12. The van der Waals surface area contributed by atoms with E-state index in [2.05, 4.69) is 9.88 Å². The first-order valence-corrected chi connectivity index (χ1v) is 7.25. The number of hydrogen-bond donors (Lipinski definition) is 1. The molecule has 1 amide bonds. The highest BCUT2D eigenvalue weighted by Crippen LogP contribution is 2.30. The number of amides is 1. The molecule has 0 bridgehead atoms. The maximum atomic E-state index is 12.2. The minimum atomic E-state index is -0.0844. The van der Waals surface area contributed by atoms with E-state index < -0.39 is 0 Å². The number of ether oxygens (including phenoxy) is 1. The first kappa shape index (κ1) is 13.5. The van der Waals surface area contributed by atoms with Crippen molar-refractivity contribution in [3.8, 4) is 0 Å². The molecule has 1 fully saturated rings. The van der Waals surface area contributed by atoms with Crippen LogP contribution in [0, 0.1) is 0 Å². The van der Waals surface area contributed by atoms with Crippen LogP contribution in [0.4, 0.5) is 0 Å². The van der Waals surface area contributed by atoms with Crippen molar-refractivity contribution in [2.75, 3.05) is 13.2 Å². The maximum Gasteiger partial charge on any atom is 0.253 e. The quantitative estimate of drug-likeness (QED) is 0.942. The van der Waals surface area contributed by atoms with Gasteiger partial charge in [-0.25, -0.2) is 0 Å². The summed E-state index contributed by atoms with van der Waals surface area (Å²) in [5, 5.41) is 4.26. The number of halogens is 1. The monoisotopic (exact) mass is 292 g/mol. The highest BCUT2D eigenvalue weighted by atomic mass is 35.5. The van der Waals surface area contributed by atoms with Crippen LogP contribution in [0.25, 0.3) is 10.9 Å². The third-order valence-electron chi connectivity index (χ3n) is 3.63. The van der Waals surface area contributed by atoms with Gasteiger partial charge in [-0.2, -0.15) is 0 Å². The lowest BCUT2D eigenvalue weighted by molar-refractivity contribution is -0.0586. The van der Waals surface area contributed by atoms with E-state index in [9.17, 15) is 4.79 Å². The Balaban J connectivity index is 2.06. The van der Waals surface area contributed by atoms with E-state index in [1.54, 1.807) is 0 Å². The summed E-state index contributed by atoms with van der Waals surface area (Å²) < 4.78 is 7.54. The first-order valence-electron chi connectivity index (χ1n) is 6.88. The molecule has 2 aromatic rings. The average molecular weight is 293 g/mol. The second kappa shape index (κ2) is 5.46. The van der Waals surface area contributed by atoms with Crippen molar-refractivity contribution in [1.29, 1.82) is 0 Å². The van der Waals surface area contributed by atoms with Crippen molar-refractivity contribution in [3.63, 3.8) is 0 Å². The van der Waals surface area contributed by atoms with E-state index in [0.29, 0.717) is 17.1 Å². The predicted molar refractivity (Wildman–Crippen MR) is 79.3 cm³/mol. The highest BCUT2D eigenvalue weighted by molar-refractivity contribution is 6.36. The number of aromatic nitrogens is 1. The number of rotatable bonds is 4. The molecule has 1 saturated heterocycles. The van der Waals surface area contributed by atoms with Gasteiger partial charge in [0.2, 0.25) is 0 Å². The number of nitrogens with one attached hydrogen (secondary N) is 1. The van der Waals surface area contributed by atoms with Crippen molar-refractivity contribution in [1.82, 2.24) is 9.88 Å². The van der Waals surface area contributed by atoms with Gasteiger partial charge in [0.25, 0.3) is 5.91 Å². The lowest BCUT2D eigenvalue weighted by Crippen LogP contribution is -2.31. The molecule has 3 rings (SSSR count). The topological polar surface area (TPSA) is 43.3 Å². The van der Waals surface area contributed by atoms with Gasteiger partial charge in [0.15, 0.2) is 0 Å². The van der Waals surface area contributed by atoms with Crippen LogP contribution >= 0.6 is 11.6 Å². The number of fused-ring (bicyclic) bond motifs is 1. The van der Waals surface area contributed by atoms with E-state index in [-0.39, 0.29) is 12.0 Å². The van der Waals surface area contributed by atoms with E-state index in [1.807, 2.05) is 31.3 Å².